The molecule has 0 aliphatic heterocycles. The number of hydrogen-bond donors (Lipinski definition) is 2. The number of hydrogen-bond acceptors (Lipinski definition) is 3. The van der Waals surface area contributed by atoms with Gasteiger partial charge in [-0.1, -0.05) is 26.0 Å². The number of phenols is 1. The average Bonchev–Trinajstić information content (AvgIpc) is 2.34. The van der Waals surface area contributed by atoms with Gasteiger partial charge in [-0.15, -0.1) is 0 Å². The molecule has 0 radical (unpaired) electrons. The summed E-state index contributed by atoms with van der Waals surface area (Å²) in [5.74, 6) is 0.336. The van der Waals surface area contributed by atoms with Crippen molar-refractivity contribution in [3.63, 3.8) is 0 Å². The van der Waals surface area contributed by atoms with E-state index < -0.39 is 0 Å². The van der Waals surface area contributed by atoms with E-state index in [9.17, 15) is 5.11 Å². The summed E-state index contributed by atoms with van der Waals surface area (Å²) in [6.45, 7) is 9.19. The number of nitrogens with zero attached hydrogens (tertiary/aromatic N) is 1. The minimum Gasteiger partial charge on any atom is -0.506 e. The molecule has 0 bridgehead atoms. The summed E-state index contributed by atoms with van der Waals surface area (Å²) in [5.41, 5.74) is 0.930. The first-order chi connectivity index (χ1) is 8.19. The zero-order valence-corrected chi connectivity index (χ0v) is 12.1. The van der Waals surface area contributed by atoms with E-state index in [4.69, 9.17) is 0 Å². The van der Waals surface area contributed by atoms with E-state index in [1.807, 2.05) is 18.2 Å². The first kappa shape index (κ1) is 14.5. The van der Waals surface area contributed by atoms with Crippen LogP contribution in [0.25, 0.3) is 0 Å². The van der Waals surface area contributed by atoms with Crippen LogP contribution in [0.5, 0.6) is 5.75 Å². The maximum absolute atomic E-state index is 9.80. The van der Waals surface area contributed by atoms with Gasteiger partial charge in [-0.25, -0.2) is 0 Å². The summed E-state index contributed by atoms with van der Waals surface area (Å²) < 4.78 is 0.751. The number of likely N-dealkylation sites (N-methyl/N-ethyl adjacent to an activating group) is 1. The molecule has 0 atom stereocenters. The van der Waals surface area contributed by atoms with E-state index in [0.29, 0.717) is 12.3 Å². The summed E-state index contributed by atoms with van der Waals surface area (Å²) in [4.78, 5) is 2.37. The Bertz CT molecular complexity index is 340. The van der Waals surface area contributed by atoms with E-state index >= 15 is 0 Å². The maximum atomic E-state index is 9.80. The van der Waals surface area contributed by atoms with Crippen LogP contribution in [-0.2, 0) is 6.54 Å². The van der Waals surface area contributed by atoms with Gasteiger partial charge < -0.3 is 15.3 Å². The number of phenolic OH excluding ortho intramolecular Hbond substituents is 1. The SMILES string of the molecule is CCN(CC)CCNCc1cccc(Br)c1O. The van der Waals surface area contributed by atoms with Crippen molar-refractivity contribution in [1.82, 2.24) is 10.2 Å². The molecule has 0 aliphatic carbocycles. The minimum absolute atomic E-state index is 0.336. The number of rotatable bonds is 7. The van der Waals surface area contributed by atoms with Crippen molar-refractivity contribution in [2.24, 2.45) is 0 Å². The van der Waals surface area contributed by atoms with Crippen molar-refractivity contribution in [2.75, 3.05) is 26.2 Å². The predicted octanol–water partition coefficient (Wildman–Crippen LogP) is 2.59. The van der Waals surface area contributed by atoms with Gasteiger partial charge in [0.2, 0.25) is 0 Å². The van der Waals surface area contributed by atoms with Gasteiger partial charge in [-0.05, 0) is 35.1 Å². The van der Waals surface area contributed by atoms with Crippen molar-refractivity contribution in [3.05, 3.63) is 28.2 Å². The largest absolute Gasteiger partial charge is 0.506 e. The van der Waals surface area contributed by atoms with Crippen molar-refractivity contribution >= 4 is 15.9 Å². The standard InChI is InChI=1S/C13H21BrN2O/c1-3-16(4-2)9-8-15-10-11-6-5-7-12(14)13(11)17/h5-7,15,17H,3-4,8-10H2,1-2H3. The molecule has 0 unspecified atom stereocenters. The Morgan fingerprint density at radius 1 is 1.29 bits per heavy atom. The minimum atomic E-state index is 0.336. The third-order valence-corrected chi connectivity index (χ3v) is 3.52. The smallest absolute Gasteiger partial charge is 0.134 e. The number of aromatic hydroxyl groups is 1. The molecule has 0 fully saturated rings. The molecule has 4 heteroatoms. The molecule has 0 saturated heterocycles. The number of nitrogens with one attached hydrogen (secondary N) is 1. The van der Waals surface area contributed by atoms with Gasteiger partial charge >= 0.3 is 0 Å². The van der Waals surface area contributed by atoms with Crippen molar-refractivity contribution in [1.29, 1.82) is 0 Å². The Labute approximate surface area is 112 Å². The summed E-state index contributed by atoms with van der Waals surface area (Å²) in [5, 5.41) is 13.1. The van der Waals surface area contributed by atoms with Crippen LogP contribution < -0.4 is 5.32 Å². The summed E-state index contributed by atoms with van der Waals surface area (Å²) in [6.07, 6.45) is 0. The van der Waals surface area contributed by atoms with Crippen LogP contribution in [0.4, 0.5) is 0 Å². The van der Waals surface area contributed by atoms with Gasteiger partial charge in [-0.3, -0.25) is 0 Å². The molecule has 0 heterocycles. The van der Waals surface area contributed by atoms with Crippen LogP contribution in [0.15, 0.2) is 22.7 Å². The number of benzene rings is 1. The van der Waals surface area contributed by atoms with Gasteiger partial charge in [0.15, 0.2) is 0 Å². The molecule has 1 aromatic carbocycles. The van der Waals surface area contributed by atoms with Crippen LogP contribution in [-0.4, -0.2) is 36.2 Å². The molecule has 3 nitrogen and oxygen atoms in total. The molecular formula is C13H21BrN2O. The highest BCUT2D eigenvalue weighted by molar-refractivity contribution is 9.10. The second-order valence-corrected chi connectivity index (χ2v) is 4.81. The number of halogens is 1. The fourth-order valence-corrected chi connectivity index (χ4v) is 2.11. The average molecular weight is 301 g/mol. The van der Waals surface area contributed by atoms with E-state index in [1.54, 1.807) is 0 Å². The quantitative estimate of drug-likeness (QED) is 0.760. The lowest BCUT2D eigenvalue weighted by Gasteiger charge is -2.18. The van der Waals surface area contributed by atoms with Crippen molar-refractivity contribution < 1.29 is 5.11 Å². The Balaban J connectivity index is 2.33. The fourth-order valence-electron chi connectivity index (χ4n) is 1.70. The van der Waals surface area contributed by atoms with Crippen LogP contribution in [0, 0.1) is 0 Å². The predicted molar refractivity (Wildman–Crippen MR) is 75.3 cm³/mol. The van der Waals surface area contributed by atoms with E-state index in [0.717, 1.165) is 36.2 Å². The molecule has 0 saturated carbocycles. The van der Waals surface area contributed by atoms with Gasteiger partial charge in [0.25, 0.3) is 0 Å². The van der Waals surface area contributed by atoms with Gasteiger partial charge in [0, 0.05) is 25.2 Å². The molecule has 2 N–H and O–H groups in total. The van der Waals surface area contributed by atoms with Crippen LogP contribution in [0.2, 0.25) is 0 Å². The Hall–Kier alpha value is -0.580. The van der Waals surface area contributed by atoms with Crippen LogP contribution in [0.1, 0.15) is 19.4 Å². The van der Waals surface area contributed by atoms with Crippen molar-refractivity contribution in [3.8, 4) is 5.75 Å². The number of para-hydroxylation sites is 1. The van der Waals surface area contributed by atoms with Crippen LogP contribution >= 0.6 is 15.9 Å². The molecule has 17 heavy (non-hydrogen) atoms. The summed E-state index contributed by atoms with van der Waals surface area (Å²) in [6, 6.07) is 5.71. The zero-order chi connectivity index (χ0) is 12.7. The van der Waals surface area contributed by atoms with Gasteiger partial charge in [0.1, 0.15) is 5.75 Å². The monoisotopic (exact) mass is 300 g/mol. The highest BCUT2D eigenvalue weighted by atomic mass is 79.9. The van der Waals surface area contributed by atoms with Gasteiger partial charge in [0.05, 0.1) is 4.47 Å². The Morgan fingerprint density at radius 2 is 2.00 bits per heavy atom. The second-order valence-electron chi connectivity index (χ2n) is 3.95. The molecule has 0 aromatic heterocycles. The molecule has 1 aromatic rings. The van der Waals surface area contributed by atoms with E-state index in [1.165, 1.54) is 0 Å². The summed E-state index contributed by atoms with van der Waals surface area (Å²) in [7, 11) is 0. The fraction of sp³-hybridized carbons (Fsp3) is 0.538. The summed E-state index contributed by atoms with van der Waals surface area (Å²) >= 11 is 3.31. The Kier molecular flexibility index (Phi) is 6.55. The highest BCUT2D eigenvalue weighted by Gasteiger charge is 2.04. The third kappa shape index (κ3) is 4.66. The molecule has 1 rings (SSSR count). The molecule has 96 valence electrons. The lowest BCUT2D eigenvalue weighted by atomic mass is 10.2. The van der Waals surface area contributed by atoms with Gasteiger partial charge in [-0.2, -0.15) is 0 Å². The molecular weight excluding hydrogens is 280 g/mol. The van der Waals surface area contributed by atoms with Crippen LogP contribution in [0.3, 0.4) is 0 Å². The van der Waals surface area contributed by atoms with E-state index in [-0.39, 0.29) is 0 Å². The first-order valence-corrected chi connectivity index (χ1v) is 6.87. The third-order valence-electron chi connectivity index (χ3n) is 2.89. The molecule has 0 spiro atoms. The van der Waals surface area contributed by atoms with E-state index in [2.05, 4.69) is 40.0 Å². The lowest BCUT2D eigenvalue weighted by molar-refractivity contribution is 0.302. The van der Waals surface area contributed by atoms with Crippen molar-refractivity contribution in [2.45, 2.75) is 20.4 Å². The Morgan fingerprint density at radius 3 is 2.65 bits per heavy atom. The topological polar surface area (TPSA) is 35.5 Å². The molecule has 0 amide bonds. The normalized spacial score (nSPS) is 11.1. The second kappa shape index (κ2) is 7.69. The zero-order valence-electron chi connectivity index (χ0n) is 10.5. The molecule has 0 aliphatic rings. The first-order valence-electron chi connectivity index (χ1n) is 6.08. The highest BCUT2D eigenvalue weighted by Crippen LogP contribution is 2.26. The maximum Gasteiger partial charge on any atom is 0.134 e. The lowest BCUT2D eigenvalue weighted by Crippen LogP contribution is -2.31.